The highest BCUT2D eigenvalue weighted by atomic mass is 79.9. The number of benzene rings is 1. The molecular weight excluding hydrogens is 320 g/mol. The van der Waals surface area contributed by atoms with Gasteiger partial charge in [-0.15, -0.1) is 0 Å². The molecule has 5 heteroatoms. The molecule has 0 spiro atoms. The average Bonchev–Trinajstić information content (AvgIpc) is 2.84. The summed E-state index contributed by atoms with van der Waals surface area (Å²) < 4.78 is 6.57. The van der Waals surface area contributed by atoms with Crippen LogP contribution in [0.5, 0.6) is 5.75 Å². The predicted molar refractivity (Wildman–Crippen MR) is 84.1 cm³/mol. The fraction of sp³-hybridized carbons (Fsp3) is 0.600. The number of aliphatic hydroxyl groups is 1. The molecular formula is C15H23BrN2O2. The average molecular weight is 343 g/mol. The Kier molecular flexibility index (Phi) is 6.29. The van der Waals surface area contributed by atoms with Crippen LogP contribution in [0.4, 0.5) is 0 Å². The fourth-order valence-electron chi connectivity index (χ4n) is 2.43. The number of nitrogens with zero attached hydrogens (tertiary/aromatic N) is 1. The molecule has 2 rings (SSSR count). The Labute approximate surface area is 129 Å². The zero-order valence-electron chi connectivity index (χ0n) is 11.9. The lowest BCUT2D eigenvalue weighted by Gasteiger charge is -2.15. The lowest BCUT2D eigenvalue weighted by Crippen LogP contribution is -2.34. The van der Waals surface area contributed by atoms with Crippen LogP contribution in [0.25, 0.3) is 0 Å². The van der Waals surface area contributed by atoms with Crippen LogP contribution < -0.4 is 10.1 Å². The SMILES string of the molecule is CN1CCC(CNCC(O)COc2ccc(Br)cc2)C1. The third kappa shape index (κ3) is 5.40. The summed E-state index contributed by atoms with van der Waals surface area (Å²) >= 11 is 3.38. The van der Waals surface area contributed by atoms with E-state index in [4.69, 9.17) is 4.74 Å². The topological polar surface area (TPSA) is 44.7 Å². The molecule has 2 atom stereocenters. The highest BCUT2D eigenvalue weighted by Gasteiger charge is 2.19. The zero-order chi connectivity index (χ0) is 14.4. The van der Waals surface area contributed by atoms with Crippen LogP contribution in [0.1, 0.15) is 6.42 Å². The molecule has 112 valence electrons. The van der Waals surface area contributed by atoms with Gasteiger partial charge in [-0.1, -0.05) is 15.9 Å². The van der Waals surface area contributed by atoms with Crippen LogP contribution in [0, 0.1) is 5.92 Å². The maximum atomic E-state index is 9.88. The lowest BCUT2D eigenvalue weighted by atomic mass is 10.1. The van der Waals surface area contributed by atoms with Crippen molar-refractivity contribution in [2.75, 3.05) is 39.8 Å². The molecule has 0 aromatic heterocycles. The van der Waals surface area contributed by atoms with Gasteiger partial charge < -0.3 is 20.1 Å². The van der Waals surface area contributed by atoms with Gasteiger partial charge in [-0.25, -0.2) is 0 Å². The minimum absolute atomic E-state index is 0.319. The molecule has 1 aliphatic heterocycles. The Balaban J connectivity index is 1.58. The number of aliphatic hydroxyl groups excluding tert-OH is 1. The van der Waals surface area contributed by atoms with E-state index in [9.17, 15) is 5.11 Å². The van der Waals surface area contributed by atoms with Crippen molar-refractivity contribution in [1.29, 1.82) is 0 Å². The van der Waals surface area contributed by atoms with Gasteiger partial charge >= 0.3 is 0 Å². The molecule has 0 saturated carbocycles. The number of likely N-dealkylation sites (tertiary alicyclic amines) is 1. The molecule has 1 aliphatic rings. The molecule has 0 aliphatic carbocycles. The van der Waals surface area contributed by atoms with E-state index in [0.717, 1.165) is 23.3 Å². The van der Waals surface area contributed by atoms with E-state index < -0.39 is 6.10 Å². The first-order valence-electron chi connectivity index (χ1n) is 7.09. The Bertz CT molecular complexity index is 399. The molecule has 1 fully saturated rings. The number of rotatable bonds is 7. The second kappa shape index (κ2) is 7.98. The van der Waals surface area contributed by atoms with E-state index in [0.29, 0.717) is 19.1 Å². The van der Waals surface area contributed by atoms with Gasteiger partial charge in [0.25, 0.3) is 0 Å². The van der Waals surface area contributed by atoms with Crippen molar-refractivity contribution in [2.45, 2.75) is 12.5 Å². The number of nitrogens with one attached hydrogen (secondary N) is 1. The van der Waals surface area contributed by atoms with Crippen LogP contribution in [-0.4, -0.2) is 55.9 Å². The summed E-state index contributed by atoms with van der Waals surface area (Å²) in [6.07, 6.45) is 0.771. The standard InChI is InChI=1S/C15H23BrN2O2/c1-18-7-6-12(10-18)8-17-9-14(19)11-20-15-4-2-13(16)3-5-15/h2-5,12,14,17,19H,6-11H2,1H3. The van der Waals surface area contributed by atoms with Crippen molar-refractivity contribution in [3.63, 3.8) is 0 Å². The van der Waals surface area contributed by atoms with Gasteiger partial charge in [0.2, 0.25) is 0 Å². The van der Waals surface area contributed by atoms with Crippen LogP contribution in [0.3, 0.4) is 0 Å². The second-order valence-electron chi connectivity index (χ2n) is 5.49. The molecule has 2 unspecified atom stereocenters. The third-order valence-corrected chi connectivity index (χ3v) is 4.09. The van der Waals surface area contributed by atoms with E-state index in [1.807, 2.05) is 24.3 Å². The molecule has 0 bridgehead atoms. The maximum Gasteiger partial charge on any atom is 0.119 e. The van der Waals surface area contributed by atoms with Gasteiger partial charge in [-0.05, 0) is 56.7 Å². The first-order valence-corrected chi connectivity index (χ1v) is 7.88. The molecule has 2 N–H and O–H groups in total. The Morgan fingerprint density at radius 1 is 1.45 bits per heavy atom. The lowest BCUT2D eigenvalue weighted by molar-refractivity contribution is 0.105. The molecule has 4 nitrogen and oxygen atoms in total. The third-order valence-electron chi connectivity index (χ3n) is 3.56. The molecule has 1 aromatic carbocycles. The van der Waals surface area contributed by atoms with Crippen molar-refractivity contribution >= 4 is 15.9 Å². The molecule has 0 amide bonds. The molecule has 1 saturated heterocycles. The number of hydrogen-bond acceptors (Lipinski definition) is 4. The van der Waals surface area contributed by atoms with E-state index in [-0.39, 0.29) is 0 Å². The van der Waals surface area contributed by atoms with Crippen LogP contribution in [0.2, 0.25) is 0 Å². The summed E-state index contributed by atoms with van der Waals surface area (Å²) in [5.74, 6) is 1.49. The number of hydrogen-bond donors (Lipinski definition) is 2. The minimum atomic E-state index is -0.474. The van der Waals surface area contributed by atoms with Gasteiger partial charge in [0.1, 0.15) is 18.5 Å². The number of ether oxygens (including phenoxy) is 1. The number of halogens is 1. The van der Waals surface area contributed by atoms with Gasteiger partial charge in [0.05, 0.1) is 0 Å². The second-order valence-corrected chi connectivity index (χ2v) is 6.41. The van der Waals surface area contributed by atoms with Gasteiger partial charge in [-0.2, -0.15) is 0 Å². The predicted octanol–water partition coefficient (Wildman–Crippen LogP) is 1.73. The first kappa shape index (κ1) is 15.8. The summed E-state index contributed by atoms with van der Waals surface area (Å²) in [6.45, 7) is 4.20. The fourth-order valence-corrected chi connectivity index (χ4v) is 2.69. The summed E-state index contributed by atoms with van der Waals surface area (Å²) in [6, 6.07) is 7.63. The van der Waals surface area contributed by atoms with E-state index in [2.05, 4.69) is 33.2 Å². The summed E-state index contributed by atoms with van der Waals surface area (Å²) in [5, 5.41) is 13.2. The first-order chi connectivity index (χ1) is 9.63. The van der Waals surface area contributed by atoms with Crippen LogP contribution in [-0.2, 0) is 0 Å². The molecule has 1 aromatic rings. The maximum absolute atomic E-state index is 9.88. The Hall–Kier alpha value is -0.620. The smallest absolute Gasteiger partial charge is 0.119 e. The zero-order valence-corrected chi connectivity index (χ0v) is 13.5. The largest absolute Gasteiger partial charge is 0.491 e. The molecule has 1 heterocycles. The Morgan fingerprint density at radius 2 is 2.20 bits per heavy atom. The quantitative estimate of drug-likeness (QED) is 0.792. The Morgan fingerprint density at radius 3 is 2.85 bits per heavy atom. The van der Waals surface area contributed by atoms with Crippen LogP contribution in [0.15, 0.2) is 28.7 Å². The van der Waals surface area contributed by atoms with Crippen molar-refractivity contribution < 1.29 is 9.84 Å². The summed E-state index contributed by atoms with van der Waals surface area (Å²) in [7, 11) is 2.15. The van der Waals surface area contributed by atoms with Gasteiger partial charge in [0.15, 0.2) is 0 Å². The van der Waals surface area contributed by atoms with Gasteiger partial charge in [-0.3, -0.25) is 0 Å². The highest BCUT2D eigenvalue weighted by molar-refractivity contribution is 9.10. The van der Waals surface area contributed by atoms with Gasteiger partial charge in [0, 0.05) is 17.6 Å². The van der Waals surface area contributed by atoms with E-state index >= 15 is 0 Å². The van der Waals surface area contributed by atoms with E-state index in [1.54, 1.807) is 0 Å². The molecule has 0 radical (unpaired) electrons. The van der Waals surface area contributed by atoms with Crippen molar-refractivity contribution in [3.8, 4) is 5.75 Å². The van der Waals surface area contributed by atoms with Crippen molar-refractivity contribution in [1.82, 2.24) is 10.2 Å². The van der Waals surface area contributed by atoms with Crippen molar-refractivity contribution in [2.24, 2.45) is 5.92 Å². The van der Waals surface area contributed by atoms with E-state index in [1.165, 1.54) is 13.0 Å². The van der Waals surface area contributed by atoms with Crippen molar-refractivity contribution in [3.05, 3.63) is 28.7 Å². The monoisotopic (exact) mass is 342 g/mol. The normalized spacial score (nSPS) is 21.1. The minimum Gasteiger partial charge on any atom is -0.491 e. The highest BCUT2D eigenvalue weighted by Crippen LogP contribution is 2.16. The summed E-state index contributed by atoms with van der Waals surface area (Å²) in [4.78, 5) is 2.35. The van der Waals surface area contributed by atoms with Crippen LogP contribution >= 0.6 is 15.9 Å². The summed E-state index contributed by atoms with van der Waals surface area (Å²) in [5.41, 5.74) is 0. The molecule has 20 heavy (non-hydrogen) atoms.